The summed E-state index contributed by atoms with van der Waals surface area (Å²) >= 11 is 6.09. The highest BCUT2D eigenvalue weighted by atomic mass is 32.2. The van der Waals surface area contributed by atoms with E-state index in [1.807, 2.05) is 0 Å². The summed E-state index contributed by atoms with van der Waals surface area (Å²) in [7, 11) is 0. The third kappa shape index (κ3) is 3.35. The maximum absolute atomic E-state index is 13.8. The van der Waals surface area contributed by atoms with E-state index in [0.717, 1.165) is 16.7 Å². The van der Waals surface area contributed by atoms with E-state index in [4.69, 9.17) is 21.7 Å². The number of halogens is 1. The maximum atomic E-state index is 13.8. The summed E-state index contributed by atoms with van der Waals surface area (Å²) in [4.78, 5) is 24.8. The quantitative estimate of drug-likeness (QED) is 0.646. The molecule has 3 rings (SSSR count). The molecule has 8 heteroatoms. The molecule has 1 fully saturated rings. The molecule has 0 aliphatic carbocycles. The largest absolute Gasteiger partial charge is 0.480 e. The lowest BCUT2D eigenvalue weighted by Crippen LogP contribution is -2.41. The number of thiocarbonyl (C=S) groups is 1. The van der Waals surface area contributed by atoms with Gasteiger partial charge in [0.2, 0.25) is 0 Å². The first-order chi connectivity index (χ1) is 11.9. The molecule has 1 aromatic heterocycles. The van der Waals surface area contributed by atoms with Crippen LogP contribution in [0, 0.1) is 5.82 Å². The molecule has 2 aromatic rings. The smallest absolute Gasteiger partial charge is 0.326 e. The Morgan fingerprint density at radius 2 is 2.08 bits per heavy atom. The normalized spacial score (nSPS) is 17.4. The first-order valence-corrected chi connectivity index (χ1v) is 8.45. The Labute approximate surface area is 152 Å². The second-order valence-electron chi connectivity index (χ2n) is 5.25. The molecule has 128 valence electrons. The highest BCUT2D eigenvalue weighted by Gasteiger charge is 2.38. The van der Waals surface area contributed by atoms with Crippen molar-refractivity contribution in [2.75, 3.05) is 0 Å². The Morgan fingerprint density at radius 1 is 1.36 bits per heavy atom. The van der Waals surface area contributed by atoms with Crippen molar-refractivity contribution in [1.29, 1.82) is 0 Å². The number of nitrogens with zero attached hydrogens (tertiary/aromatic N) is 1. The lowest BCUT2D eigenvalue weighted by atomic mass is 10.1. The van der Waals surface area contributed by atoms with Crippen molar-refractivity contribution in [1.82, 2.24) is 4.90 Å². The minimum absolute atomic E-state index is 0.173. The molecule has 1 amide bonds. The molecular weight excluding hydrogens is 365 g/mol. The van der Waals surface area contributed by atoms with Crippen LogP contribution in [0.1, 0.15) is 12.7 Å². The van der Waals surface area contributed by atoms with Gasteiger partial charge in [0, 0.05) is 6.08 Å². The van der Waals surface area contributed by atoms with E-state index in [1.54, 1.807) is 30.3 Å². The van der Waals surface area contributed by atoms with Crippen LogP contribution in [-0.4, -0.2) is 32.2 Å². The molecule has 1 aliphatic rings. The van der Waals surface area contributed by atoms with E-state index in [0.29, 0.717) is 17.1 Å². The van der Waals surface area contributed by atoms with E-state index in [-0.39, 0.29) is 9.23 Å². The predicted molar refractivity (Wildman–Crippen MR) is 96.2 cm³/mol. The van der Waals surface area contributed by atoms with Gasteiger partial charge in [-0.15, -0.1) is 0 Å². The fourth-order valence-corrected chi connectivity index (χ4v) is 3.69. The average molecular weight is 377 g/mol. The number of rotatable bonds is 4. The van der Waals surface area contributed by atoms with Crippen LogP contribution in [0.4, 0.5) is 4.39 Å². The molecule has 0 radical (unpaired) electrons. The van der Waals surface area contributed by atoms with Gasteiger partial charge >= 0.3 is 5.97 Å². The molecule has 5 nitrogen and oxygen atoms in total. The van der Waals surface area contributed by atoms with Crippen molar-refractivity contribution in [2.45, 2.75) is 13.0 Å². The van der Waals surface area contributed by atoms with Gasteiger partial charge < -0.3 is 9.52 Å². The summed E-state index contributed by atoms with van der Waals surface area (Å²) in [6.45, 7) is 1.39. The van der Waals surface area contributed by atoms with Gasteiger partial charge in [-0.05, 0) is 31.2 Å². The van der Waals surface area contributed by atoms with Crippen molar-refractivity contribution in [2.24, 2.45) is 0 Å². The molecule has 2 heterocycles. The zero-order valence-corrected chi connectivity index (χ0v) is 14.6. The summed E-state index contributed by atoms with van der Waals surface area (Å²) in [6.07, 6.45) is 1.47. The highest BCUT2D eigenvalue weighted by molar-refractivity contribution is 8.26. The fourth-order valence-electron chi connectivity index (χ4n) is 2.29. The van der Waals surface area contributed by atoms with Crippen LogP contribution in [0.3, 0.4) is 0 Å². The SMILES string of the molecule is CC(C(=O)O)N1C(=O)/C(=C/c2ccc(-c3ccccc3F)o2)SC1=S. The molecule has 0 saturated carbocycles. The molecule has 1 unspecified atom stereocenters. The zero-order chi connectivity index (χ0) is 18.1. The molecule has 0 bridgehead atoms. The number of amides is 1. The summed E-state index contributed by atoms with van der Waals surface area (Å²) in [5.41, 5.74) is 0.314. The van der Waals surface area contributed by atoms with Crippen LogP contribution in [0.25, 0.3) is 17.4 Å². The second-order valence-corrected chi connectivity index (χ2v) is 6.92. The van der Waals surface area contributed by atoms with E-state index in [2.05, 4.69) is 0 Å². The summed E-state index contributed by atoms with van der Waals surface area (Å²) in [6, 6.07) is 8.35. The van der Waals surface area contributed by atoms with E-state index in [9.17, 15) is 14.0 Å². The molecule has 25 heavy (non-hydrogen) atoms. The van der Waals surface area contributed by atoms with Crippen molar-refractivity contribution in [3.05, 3.63) is 52.9 Å². The van der Waals surface area contributed by atoms with Gasteiger partial charge in [0.1, 0.15) is 27.7 Å². The van der Waals surface area contributed by atoms with E-state index in [1.165, 1.54) is 19.1 Å². The van der Waals surface area contributed by atoms with Gasteiger partial charge in [0.15, 0.2) is 0 Å². The molecule has 1 aromatic carbocycles. The third-order valence-electron chi connectivity index (χ3n) is 3.61. The number of aliphatic carboxylic acids is 1. The standard InChI is InChI=1S/C17H12FNO4S2/c1-9(16(21)22)19-15(20)14(25-17(19)24)8-10-6-7-13(23-10)11-4-2-3-5-12(11)18/h2-9H,1H3,(H,21,22)/b14-8-. The lowest BCUT2D eigenvalue weighted by Gasteiger charge is -2.18. The minimum atomic E-state index is -1.14. The van der Waals surface area contributed by atoms with Crippen LogP contribution in [-0.2, 0) is 9.59 Å². The Balaban J connectivity index is 1.88. The Bertz CT molecular complexity index is 906. The van der Waals surface area contributed by atoms with Crippen LogP contribution in [0.5, 0.6) is 0 Å². The van der Waals surface area contributed by atoms with Crippen LogP contribution in [0.2, 0.25) is 0 Å². The number of hydrogen-bond donors (Lipinski definition) is 1. The van der Waals surface area contributed by atoms with Gasteiger partial charge in [-0.2, -0.15) is 0 Å². The number of carboxylic acids is 1. The molecule has 1 aliphatic heterocycles. The van der Waals surface area contributed by atoms with Crippen LogP contribution < -0.4 is 0 Å². The number of benzene rings is 1. The third-order valence-corrected chi connectivity index (χ3v) is 4.94. The summed E-state index contributed by atoms with van der Waals surface area (Å²) in [5.74, 6) is -1.36. The number of carbonyl (C=O) groups is 2. The number of carbonyl (C=O) groups excluding carboxylic acids is 1. The number of thioether (sulfide) groups is 1. The number of hydrogen-bond acceptors (Lipinski definition) is 5. The predicted octanol–water partition coefficient (Wildman–Crippen LogP) is 3.76. The fraction of sp³-hybridized carbons (Fsp3) is 0.118. The summed E-state index contributed by atoms with van der Waals surface area (Å²) in [5, 5.41) is 9.07. The van der Waals surface area contributed by atoms with Crippen molar-refractivity contribution >= 4 is 46.3 Å². The topological polar surface area (TPSA) is 70.8 Å². The average Bonchev–Trinajstić information content (AvgIpc) is 3.13. The zero-order valence-electron chi connectivity index (χ0n) is 12.9. The summed E-state index contributed by atoms with van der Waals surface area (Å²) < 4.78 is 19.6. The lowest BCUT2D eigenvalue weighted by molar-refractivity contribution is -0.144. The number of furan rings is 1. The van der Waals surface area contributed by atoms with Gasteiger partial charge in [-0.25, -0.2) is 9.18 Å². The van der Waals surface area contributed by atoms with Crippen LogP contribution in [0.15, 0.2) is 45.7 Å². The minimum Gasteiger partial charge on any atom is -0.480 e. The van der Waals surface area contributed by atoms with Gasteiger partial charge in [-0.3, -0.25) is 9.69 Å². The first kappa shape index (κ1) is 17.4. The van der Waals surface area contributed by atoms with Crippen LogP contribution >= 0.6 is 24.0 Å². The second kappa shape index (κ2) is 6.81. The van der Waals surface area contributed by atoms with E-state index < -0.39 is 23.7 Å². The van der Waals surface area contributed by atoms with Crippen molar-refractivity contribution < 1.29 is 23.5 Å². The van der Waals surface area contributed by atoms with Crippen molar-refractivity contribution in [3.63, 3.8) is 0 Å². The Kier molecular flexibility index (Phi) is 4.73. The Morgan fingerprint density at radius 3 is 2.76 bits per heavy atom. The number of carboxylic acid groups (broad SMARTS) is 1. The highest BCUT2D eigenvalue weighted by Crippen LogP contribution is 2.35. The van der Waals surface area contributed by atoms with Gasteiger partial charge in [0.05, 0.1) is 10.5 Å². The van der Waals surface area contributed by atoms with Crippen molar-refractivity contribution in [3.8, 4) is 11.3 Å². The molecule has 1 N–H and O–H groups in total. The van der Waals surface area contributed by atoms with Gasteiger partial charge in [-0.1, -0.05) is 36.1 Å². The molecule has 1 atom stereocenters. The van der Waals surface area contributed by atoms with E-state index >= 15 is 0 Å². The molecular formula is C17H12FNO4S2. The maximum Gasteiger partial charge on any atom is 0.326 e. The first-order valence-electron chi connectivity index (χ1n) is 7.23. The van der Waals surface area contributed by atoms with Gasteiger partial charge in [0.25, 0.3) is 5.91 Å². The monoisotopic (exact) mass is 377 g/mol. The molecule has 0 spiro atoms. The Hall–Kier alpha value is -2.45. The molecule has 1 saturated heterocycles.